The minimum Gasteiger partial charge on any atom is -0.350 e. The summed E-state index contributed by atoms with van der Waals surface area (Å²) < 4.78 is 1.37. The van der Waals surface area contributed by atoms with Crippen LogP contribution < -0.4 is 10.9 Å². The molecule has 2 aromatic rings. The van der Waals surface area contributed by atoms with Gasteiger partial charge in [-0.1, -0.05) is 11.8 Å². The SMILES string of the molecule is Cc1c(C(=O)NCCN2C(=O)CSC2=O)sc2ncn(C)c(=O)c12. The number of fused-ring (bicyclic) bond motifs is 1. The lowest BCUT2D eigenvalue weighted by atomic mass is 10.2. The summed E-state index contributed by atoms with van der Waals surface area (Å²) in [6.45, 7) is 2.01. The van der Waals surface area contributed by atoms with Gasteiger partial charge in [-0.15, -0.1) is 11.3 Å². The molecular weight excluding hydrogens is 352 g/mol. The Kier molecular flexibility index (Phi) is 4.41. The molecule has 0 spiro atoms. The average molecular weight is 366 g/mol. The standard InChI is InChI=1S/C14H14N4O4S2/c1-7-9-12(16-6-17(2)13(9)21)24-10(7)11(20)15-3-4-18-8(19)5-23-14(18)22/h6H,3-5H2,1-2H3,(H,15,20). The molecule has 0 radical (unpaired) electrons. The molecule has 0 saturated carbocycles. The minimum atomic E-state index is -0.343. The quantitative estimate of drug-likeness (QED) is 0.856. The molecule has 1 N–H and O–H groups in total. The Morgan fingerprint density at radius 2 is 2.12 bits per heavy atom. The summed E-state index contributed by atoms with van der Waals surface area (Å²) >= 11 is 2.11. The second-order valence-electron chi connectivity index (χ2n) is 5.25. The molecular formula is C14H14N4O4S2. The number of aromatic nitrogens is 2. The van der Waals surface area contributed by atoms with Crippen molar-refractivity contribution in [3.05, 3.63) is 27.1 Å². The Morgan fingerprint density at radius 3 is 2.79 bits per heavy atom. The van der Waals surface area contributed by atoms with E-state index in [1.54, 1.807) is 14.0 Å². The second kappa shape index (κ2) is 6.36. The van der Waals surface area contributed by atoms with Gasteiger partial charge in [0.2, 0.25) is 5.91 Å². The predicted molar refractivity (Wildman–Crippen MR) is 91.5 cm³/mol. The molecule has 3 heterocycles. The molecule has 126 valence electrons. The summed E-state index contributed by atoms with van der Waals surface area (Å²) in [5.74, 6) is -0.439. The molecule has 1 aliphatic rings. The van der Waals surface area contributed by atoms with E-state index in [-0.39, 0.29) is 41.5 Å². The number of carbonyl (C=O) groups is 3. The van der Waals surface area contributed by atoms with Crippen molar-refractivity contribution in [2.75, 3.05) is 18.8 Å². The van der Waals surface area contributed by atoms with Gasteiger partial charge in [-0.05, 0) is 12.5 Å². The molecule has 8 nitrogen and oxygen atoms in total. The van der Waals surface area contributed by atoms with Crippen molar-refractivity contribution in [1.82, 2.24) is 19.8 Å². The molecule has 10 heteroatoms. The fourth-order valence-electron chi connectivity index (χ4n) is 2.38. The van der Waals surface area contributed by atoms with Crippen LogP contribution in [0.3, 0.4) is 0 Å². The van der Waals surface area contributed by atoms with Crippen molar-refractivity contribution in [2.24, 2.45) is 7.05 Å². The minimum absolute atomic E-state index is 0.139. The van der Waals surface area contributed by atoms with Gasteiger partial charge in [-0.25, -0.2) is 4.98 Å². The summed E-state index contributed by atoms with van der Waals surface area (Å²) in [7, 11) is 1.60. The number of imide groups is 1. The molecule has 3 rings (SSSR count). The number of carbonyl (C=O) groups excluding carboxylic acids is 3. The number of nitrogens with one attached hydrogen (secondary N) is 1. The van der Waals surface area contributed by atoms with Gasteiger partial charge in [-0.2, -0.15) is 0 Å². The Balaban J connectivity index is 1.74. The molecule has 0 bridgehead atoms. The lowest BCUT2D eigenvalue weighted by Gasteiger charge is -2.12. The fourth-order valence-corrected chi connectivity index (χ4v) is 4.19. The van der Waals surface area contributed by atoms with Crippen molar-refractivity contribution in [3.8, 4) is 0 Å². The first-order chi connectivity index (χ1) is 11.4. The third-order valence-corrected chi connectivity index (χ3v) is 5.74. The van der Waals surface area contributed by atoms with Gasteiger partial charge in [0.1, 0.15) is 4.83 Å². The highest BCUT2D eigenvalue weighted by molar-refractivity contribution is 8.14. The van der Waals surface area contributed by atoms with E-state index in [1.165, 1.54) is 10.9 Å². The van der Waals surface area contributed by atoms with Gasteiger partial charge in [-0.3, -0.25) is 24.1 Å². The molecule has 1 saturated heterocycles. The Bertz CT molecular complexity index is 901. The lowest BCUT2D eigenvalue weighted by Crippen LogP contribution is -2.37. The van der Waals surface area contributed by atoms with Crippen molar-refractivity contribution >= 4 is 50.4 Å². The van der Waals surface area contributed by atoms with E-state index in [0.717, 1.165) is 28.0 Å². The number of rotatable bonds is 4. The molecule has 1 fully saturated rings. The maximum absolute atomic E-state index is 12.3. The Hall–Kier alpha value is -2.20. The van der Waals surface area contributed by atoms with E-state index in [2.05, 4.69) is 10.3 Å². The number of hydrogen-bond donors (Lipinski definition) is 1. The van der Waals surface area contributed by atoms with Crippen LogP contribution in [0.1, 0.15) is 15.2 Å². The fraction of sp³-hybridized carbons (Fsp3) is 0.357. The zero-order chi connectivity index (χ0) is 17.4. The van der Waals surface area contributed by atoms with Crippen LogP contribution in [0.25, 0.3) is 10.2 Å². The van der Waals surface area contributed by atoms with E-state index in [4.69, 9.17) is 0 Å². The molecule has 0 aliphatic carbocycles. The lowest BCUT2D eigenvalue weighted by molar-refractivity contribution is -0.124. The van der Waals surface area contributed by atoms with Gasteiger partial charge in [0.05, 0.1) is 22.3 Å². The summed E-state index contributed by atoms with van der Waals surface area (Å²) in [4.78, 5) is 53.7. The van der Waals surface area contributed by atoms with Crippen LogP contribution in [-0.4, -0.2) is 50.3 Å². The van der Waals surface area contributed by atoms with Crippen molar-refractivity contribution < 1.29 is 14.4 Å². The number of amides is 3. The van der Waals surface area contributed by atoms with Crippen LogP contribution in [0.15, 0.2) is 11.1 Å². The number of aryl methyl sites for hydroxylation is 2. The zero-order valence-corrected chi connectivity index (χ0v) is 14.6. The van der Waals surface area contributed by atoms with Crippen LogP contribution in [0, 0.1) is 6.92 Å². The number of thioether (sulfide) groups is 1. The second-order valence-corrected chi connectivity index (χ2v) is 7.18. The summed E-state index contributed by atoms with van der Waals surface area (Å²) in [5.41, 5.74) is 0.392. The number of thiophene rings is 1. The van der Waals surface area contributed by atoms with Gasteiger partial charge in [0.25, 0.3) is 16.7 Å². The first kappa shape index (κ1) is 16.7. The van der Waals surface area contributed by atoms with Crippen LogP contribution in [0.2, 0.25) is 0 Å². The normalized spacial score (nSPS) is 14.7. The monoisotopic (exact) mass is 366 g/mol. The summed E-state index contributed by atoms with van der Waals surface area (Å²) in [6.07, 6.45) is 1.42. The molecule has 0 unspecified atom stereocenters. The molecule has 1 aliphatic heterocycles. The highest BCUT2D eigenvalue weighted by Gasteiger charge is 2.29. The van der Waals surface area contributed by atoms with Crippen LogP contribution in [0.4, 0.5) is 4.79 Å². The van der Waals surface area contributed by atoms with Gasteiger partial charge in [0.15, 0.2) is 0 Å². The largest absolute Gasteiger partial charge is 0.350 e. The van der Waals surface area contributed by atoms with Crippen molar-refractivity contribution in [3.63, 3.8) is 0 Å². The summed E-state index contributed by atoms with van der Waals surface area (Å²) in [5, 5.41) is 2.83. The van der Waals surface area contributed by atoms with Gasteiger partial charge < -0.3 is 9.88 Å². The van der Waals surface area contributed by atoms with E-state index < -0.39 is 0 Å². The number of nitrogens with zero attached hydrogens (tertiary/aromatic N) is 3. The first-order valence-corrected chi connectivity index (χ1v) is 8.90. The average Bonchev–Trinajstić information content (AvgIpc) is 3.05. The predicted octanol–water partition coefficient (Wildman–Crippen LogP) is 0.729. The van der Waals surface area contributed by atoms with Crippen LogP contribution in [-0.2, 0) is 11.8 Å². The number of hydrogen-bond acceptors (Lipinski definition) is 7. The Labute approximate surface area is 144 Å². The maximum Gasteiger partial charge on any atom is 0.288 e. The van der Waals surface area contributed by atoms with Crippen LogP contribution in [0.5, 0.6) is 0 Å². The first-order valence-electron chi connectivity index (χ1n) is 7.10. The van der Waals surface area contributed by atoms with E-state index in [1.807, 2.05) is 0 Å². The third-order valence-electron chi connectivity index (χ3n) is 3.68. The summed E-state index contributed by atoms with van der Waals surface area (Å²) in [6, 6.07) is 0. The highest BCUT2D eigenvalue weighted by Crippen LogP contribution is 2.26. The zero-order valence-electron chi connectivity index (χ0n) is 13.0. The highest BCUT2D eigenvalue weighted by atomic mass is 32.2. The van der Waals surface area contributed by atoms with Crippen molar-refractivity contribution in [1.29, 1.82) is 0 Å². The third kappa shape index (κ3) is 2.82. The smallest absolute Gasteiger partial charge is 0.288 e. The van der Waals surface area contributed by atoms with Crippen LogP contribution >= 0.6 is 23.1 Å². The molecule has 24 heavy (non-hydrogen) atoms. The topological polar surface area (TPSA) is 101 Å². The van der Waals surface area contributed by atoms with Crippen molar-refractivity contribution in [2.45, 2.75) is 6.92 Å². The van der Waals surface area contributed by atoms with Gasteiger partial charge in [0, 0.05) is 20.1 Å². The van der Waals surface area contributed by atoms with Gasteiger partial charge >= 0.3 is 0 Å². The molecule has 3 amide bonds. The Morgan fingerprint density at radius 1 is 1.38 bits per heavy atom. The van der Waals surface area contributed by atoms with E-state index in [0.29, 0.717) is 20.7 Å². The van der Waals surface area contributed by atoms with E-state index >= 15 is 0 Å². The van der Waals surface area contributed by atoms with E-state index in [9.17, 15) is 19.2 Å². The maximum atomic E-state index is 12.3. The molecule has 2 aromatic heterocycles. The molecule has 0 atom stereocenters. The molecule has 0 aromatic carbocycles.